The van der Waals surface area contributed by atoms with Crippen LogP contribution in [-0.2, 0) is 27.2 Å². The maximum absolute atomic E-state index is 12.8. The molecule has 162 valence electrons. The van der Waals surface area contributed by atoms with E-state index in [0.29, 0.717) is 35.2 Å². The molecule has 1 aromatic rings. The Morgan fingerprint density at radius 1 is 1.30 bits per heavy atom. The molecule has 30 heavy (non-hydrogen) atoms. The van der Waals surface area contributed by atoms with E-state index < -0.39 is 5.97 Å². The Bertz CT molecular complexity index is 862. The lowest BCUT2D eigenvalue weighted by Crippen LogP contribution is -2.22. The lowest BCUT2D eigenvalue weighted by molar-refractivity contribution is -0.125. The Balaban J connectivity index is 2.49. The highest BCUT2D eigenvalue weighted by atomic mass is 35.5. The first kappa shape index (κ1) is 23.5. The molecule has 2 rings (SSSR count). The van der Waals surface area contributed by atoms with E-state index in [1.165, 1.54) is 13.1 Å². The summed E-state index contributed by atoms with van der Waals surface area (Å²) in [5.41, 5.74) is 1.84. The predicted molar refractivity (Wildman–Crippen MR) is 116 cm³/mol. The number of amides is 1. The van der Waals surface area contributed by atoms with E-state index in [-0.39, 0.29) is 36.3 Å². The second-order valence-corrected chi connectivity index (χ2v) is 7.04. The van der Waals surface area contributed by atoms with Crippen LogP contribution in [0.15, 0.2) is 35.5 Å². The minimum Gasteiger partial charge on any atom is -0.506 e. The highest BCUT2D eigenvalue weighted by molar-refractivity contribution is 6.33. The van der Waals surface area contributed by atoms with E-state index in [0.717, 1.165) is 12.8 Å². The van der Waals surface area contributed by atoms with E-state index in [1.807, 2.05) is 25.2 Å². The normalized spacial score (nSPS) is 18.6. The number of cyclic esters (lactones) is 1. The number of esters is 1. The quantitative estimate of drug-likeness (QED) is 0.427. The van der Waals surface area contributed by atoms with Crippen LogP contribution in [0.25, 0.3) is 0 Å². The number of carbonyl (C=O) groups is 2. The van der Waals surface area contributed by atoms with E-state index in [1.54, 1.807) is 6.08 Å². The first-order valence-electron chi connectivity index (χ1n) is 9.89. The molecule has 0 radical (unpaired) electrons. The molecule has 0 fully saturated rings. The summed E-state index contributed by atoms with van der Waals surface area (Å²) in [6, 6.07) is 1.49. The molecule has 0 bridgehead atoms. The van der Waals surface area contributed by atoms with Crippen molar-refractivity contribution in [1.82, 2.24) is 5.32 Å². The molecule has 0 spiro atoms. The van der Waals surface area contributed by atoms with Crippen molar-refractivity contribution in [3.63, 3.8) is 0 Å². The number of oxime groups is 1. The van der Waals surface area contributed by atoms with Gasteiger partial charge in [-0.3, -0.25) is 4.79 Å². The monoisotopic (exact) mass is 434 g/mol. The van der Waals surface area contributed by atoms with Crippen LogP contribution in [0.2, 0.25) is 5.02 Å². The summed E-state index contributed by atoms with van der Waals surface area (Å²) in [6.45, 7) is 1.90. The lowest BCUT2D eigenvalue weighted by Gasteiger charge is -2.16. The molecule has 0 saturated heterocycles. The molecule has 1 aromatic carbocycles. The number of aromatic hydroxyl groups is 1. The van der Waals surface area contributed by atoms with Crippen LogP contribution in [0.4, 0.5) is 0 Å². The predicted octanol–water partition coefficient (Wildman–Crippen LogP) is 3.72. The molecular formula is C22H27ClN2O5. The first-order valence-corrected chi connectivity index (χ1v) is 10.3. The summed E-state index contributed by atoms with van der Waals surface area (Å²) >= 11 is 6.38. The molecule has 1 amide bonds. The Labute approximate surface area is 181 Å². The van der Waals surface area contributed by atoms with Crippen molar-refractivity contribution in [2.75, 3.05) is 20.3 Å². The van der Waals surface area contributed by atoms with Crippen molar-refractivity contribution in [2.45, 2.75) is 39.0 Å². The Hall–Kier alpha value is -2.80. The standard InChI is InChI=1S/C22H27ClN2O5/c1-3-15-12-18(26)21(23)17-13-16(25-30-14-19(27)24-2)10-8-6-4-5-7-9-11-29-22(28)20(15)17/h5,7-8,10,12,26H,3-4,6,9,11,13-14H2,1-2H3,(H,24,27)/b7-5+,10-8+,25-16-. The third-order valence-electron chi connectivity index (χ3n) is 4.52. The van der Waals surface area contributed by atoms with Gasteiger partial charge in [-0.25, -0.2) is 4.79 Å². The number of hydrogen-bond acceptors (Lipinski definition) is 6. The van der Waals surface area contributed by atoms with Crippen LogP contribution >= 0.6 is 11.6 Å². The molecule has 1 aliphatic rings. The van der Waals surface area contributed by atoms with Crippen molar-refractivity contribution in [3.05, 3.63) is 52.1 Å². The number of nitrogens with one attached hydrogen (secondary N) is 1. The third-order valence-corrected chi connectivity index (χ3v) is 4.94. The molecule has 0 unspecified atom stereocenters. The van der Waals surface area contributed by atoms with Crippen LogP contribution in [-0.4, -0.2) is 43.0 Å². The Kier molecular flexibility index (Phi) is 9.41. The molecule has 0 atom stereocenters. The number of likely N-dealkylation sites (N-methyl/N-ethyl adjacent to an activating group) is 1. The molecular weight excluding hydrogens is 408 g/mol. The summed E-state index contributed by atoms with van der Waals surface area (Å²) in [4.78, 5) is 29.4. The third kappa shape index (κ3) is 6.62. The van der Waals surface area contributed by atoms with Gasteiger partial charge in [0.2, 0.25) is 0 Å². The van der Waals surface area contributed by atoms with Crippen molar-refractivity contribution in [2.24, 2.45) is 5.16 Å². The van der Waals surface area contributed by atoms with Crippen molar-refractivity contribution >= 4 is 29.2 Å². The van der Waals surface area contributed by atoms with Gasteiger partial charge < -0.3 is 20.0 Å². The molecule has 1 aliphatic heterocycles. The number of benzene rings is 1. The summed E-state index contributed by atoms with van der Waals surface area (Å²) in [6.07, 6.45) is 10.6. The highest BCUT2D eigenvalue weighted by Gasteiger charge is 2.23. The number of nitrogens with zero attached hydrogens (tertiary/aromatic N) is 1. The summed E-state index contributed by atoms with van der Waals surface area (Å²) < 4.78 is 5.44. The van der Waals surface area contributed by atoms with E-state index in [9.17, 15) is 14.7 Å². The van der Waals surface area contributed by atoms with Gasteiger partial charge in [-0.1, -0.05) is 41.9 Å². The number of ether oxygens (including phenoxy) is 1. The van der Waals surface area contributed by atoms with E-state index in [4.69, 9.17) is 21.2 Å². The zero-order valence-electron chi connectivity index (χ0n) is 17.2. The number of phenolic OH excluding ortho intramolecular Hbond substituents is 1. The molecule has 0 aliphatic carbocycles. The van der Waals surface area contributed by atoms with Gasteiger partial charge in [0, 0.05) is 13.5 Å². The zero-order chi connectivity index (χ0) is 21.9. The van der Waals surface area contributed by atoms with Crippen LogP contribution in [0.5, 0.6) is 5.75 Å². The fourth-order valence-corrected chi connectivity index (χ4v) is 3.16. The summed E-state index contributed by atoms with van der Waals surface area (Å²) in [5, 5.41) is 16.8. The number of aryl methyl sites for hydroxylation is 1. The topological polar surface area (TPSA) is 97.2 Å². The van der Waals surface area contributed by atoms with Gasteiger partial charge in [0.15, 0.2) is 6.61 Å². The summed E-state index contributed by atoms with van der Waals surface area (Å²) in [7, 11) is 1.50. The van der Waals surface area contributed by atoms with Crippen molar-refractivity contribution in [1.29, 1.82) is 0 Å². The first-order chi connectivity index (χ1) is 14.5. The van der Waals surface area contributed by atoms with Gasteiger partial charge in [-0.2, -0.15) is 0 Å². The fraction of sp³-hybridized carbons (Fsp3) is 0.409. The number of rotatable bonds is 4. The van der Waals surface area contributed by atoms with Gasteiger partial charge in [0.05, 0.1) is 22.9 Å². The largest absolute Gasteiger partial charge is 0.506 e. The zero-order valence-corrected chi connectivity index (χ0v) is 18.0. The number of carbonyl (C=O) groups excluding carboxylic acids is 2. The Morgan fingerprint density at radius 3 is 2.77 bits per heavy atom. The highest BCUT2D eigenvalue weighted by Crippen LogP contribution is 2.34. The molecule has 2 N–H and O–H groups in total. The molecule has 7 nitrogen and oxygen atoms in total. The van der Waals surface area contributed by atoms with Crippen molar-refractivity contribution in [3.8, 4) is 5.75 Å². The number of hydrogen-bond donors (Lipinski definition) is 2. The van der Waals surface area contributed by atoms with Crippen LogP contribution in [0.1, 0.15) is 47.7 Å². The summed E-state index contributed by atoms with van der Waals surface area (Å²) in [5.74, 6) is -0.926. The van der Waals surface area contributed by atoms with Crippen LogP contribution in [0.3, 0.4) is 0 Å². The number of fused-ring (bicyclic) bond motifs is 1. The minimum absolute atomic E-state index is 0.0681. The molecule has 8 heteroatoms. The smallest absolute Gasteiger partial charge is 0.338 e. The van der Waals surface area contributed by atoms with Crippen molar-refractivity contribution < 1.29 is 24.3 Å². The minimum atomic E-state index is -0.496. The van der Waals surface area contributed by atoms with Gasteiger partial charge in [-0.05, 0) is 49.0 Å². The van der Waals surface area contributed by atoms with E-state index in [2.05, 4.69) is 10.5 Å². The average Bonchev–Trinajstić information content (AvgIpc) is 2.74. The number of halogens is 1. The average molecular weight is 435 g/mol. The molecule has 0 saturated carbocycles. The van der Waals surface area contributed by atoms with Crippen LogP contribution in [0, 0.1) is 0 Å². The maximum atomic E-state index is 12.8. The van der Waals surface area contributed by atoms with Gasteiger partial charge in [0.1, 0.15) is 5.75 Å². The van der Waals surface area contributed by atoms with Gasteiger partial charge >= 0.3 is 5.97 Å². The maximum Gasteiger partial charge on any atom is 0.338 e. The fourth-order valence-electron chi connectivity index (χ4n) is 2.95. The van der Waals surface area contributed by atoms with Crippen LogP contribution < -0.4 is 5.32 Å². The second kappa shape index (κ2) is 12.0. The Morgan fingerprint density at radius 2 is 2.03 bits per heavy atom. The van der Waals surface area contributed by atoms with Gasteiger partial charge in [-0.15, -0.1) is 0 Å². The lowest BCUT2D eigenvalue weighted by atomic mass is 9.94. The SMILES string of the molecule is CCc1cc(O)c(Cl)c2c1C(=O)OCC/C=C/CC/C=C/C(=N/OCC(=O)NC)C2. The van der Waals surface area contributed by atoms with E-state index >= 15 is 0 Å². The number of allylic oxidation sites excluding steroid dienone is 3. The number of phenols is 1. The molecule has 1 heterocycles. The second-order valence-electron chi connectivity index (χ2n) is 6.66. The molecule has 0 aromatic heterocycles. The van der Waals surface area contributed by atoms with Gasteiger partial charge in [0.25, 0.3) is 5.91 Å².